The van der Waals surface area contributed by atoms with Gasteiger partial charge in [-0.3, -0.25) is 14.5 Å². The molecule has 7 nitrogen and oxygen atoms in total. The summed E-state index contributed by atoms with van der Waals surface area (Å²) in [6.07, 6.45) is 1.80. The van der Waals surface area contributed by atoms with Gasteiger partial charge in [-0.25, -0.2) is 4.99 Å². The van der Waals surface area contributed by atoms with Gasteiger partial charge in [0, 0.05) is 0 Å². The quantitative estimate of drug-likeness (QED) is 0.310. The Balaban J connectivity index is 1.73. The number of thioether (sulfide) groups is 1. The standard InChI is InChI=1S/C28H26BrN3O4S/c1-3-35-23-15-19(14-22(29)26(23)36-17-25(30)33)16-24-27(34)32(18(2)20-10-6-4-7-11-20)28(37-24)31-21-12-8-5-9-13-21/h4-16,18H,3,17H2,1-2H3,(H2,30,33)/b24-16+,31-28?/t18-/m1/s1. The zero-order chi connectivity index (χ0) is 26.4. The lowest BCUT2D eigenvalue weighted by Crippen LogP contribution is -2.32. The number of para-hydroxylation sites is 1. The Morgan fingerprint density at radius 1 is 1.11 bits per heavy atom. The summed E-state index contributed by atoms with van der Waals surface area (Å²) in [5, 5.41) is 0.601. The van der Waals surface area contributed by atoms with Crippen molar-refractivity contribution in [2.75, 3.05) is 13.2 Å². The summed E-state index contributed by atoms with van der Waals surface area (Å²) in [6.45, 7) is 3.96. The third-order valence-corrected chi connectivity index (χ3v) is 7.05. The van der Waals surface area contributed by atoms with Crippen LogP contribution in [0.2, 0.25) is 0 Å². The minimum atomic E-state index is -0.591. The molecular weight excluding hydrogens is 554 g/mol. The first-order chi connectivity index (χ1) is 17.9. The number of carbonyl (C=O) groups is 2. The highest BCUT2D eigenvalue weighted by Crippen LogP contribution is 2.41. The molecule has 37 heavy (non-hydrogen) atoms. The molecule has 3 aromatic carbocycles. The summed E-state index contributed by atoms with van der Waals surface area (Å²) in [7, 11) is 0. The van der Waals surface area contributed by atoms with E-state index < -0.39 is 5.91 Å². The molecule has 1 aliphatic rings. The molecule has 0 unspecified atom stereocenters. The number of nitrogens with zero attached hydrogens (tertiary/aromatic N) is 2. The van der Waals surface area contributed by atoms with E-state index in [0.29, 0.717) is 32.7 Å². The van der Waals surface area contributed by atoms with Crippen LogP contribution in [-0.4, -0.2) is 35.1 Å². The molecule has 0 bridgehead atoms. The molecule has 0 aliphatic carbocycles. The number of amides is 2. The normalized spacial score (nSPS) is 16.3. The van der Waals surface area contributed by atoms with Crippen molar-refractivity contribution < 1.29 is 19.1 Å². The molecule has 2 amide bonds. The first-order valence-electron chi connectivity index (χ1n) is 11.7. The van der Waals surface area contributed by atoms with Gasteiger partial charge in [0.2, 0.25) is 0 Å². The van der Waals surface area contributed by atoms with Crippen molar-refractivity contribution in [2.24, 2.45) is 10.7 Å². The van der Waals surface area contributed by atoms with Gasteiger partial charge in [-0.15, -0.1) is 0 Å². The van der Waals surface area contributed by atoms with E-state index in [1.54, 1.807) is 23.1 Å². The predicted octanol–water partition coefficient (Wildman–Crippen LogP) is 6.08. The zero-order valence-corrected chi connectivity index (χ0v) is 22.8. The van der Waals surface area contributed by atoms with E-state index in [0.717, 1.165) is 16.8 Å². The maximum atomic E-state index is 13.7. The Bertz CT molecular complexity index is 1350. The van der Waals surface area contributed by atoms with Crippen molar-refractivity contribution in [3.05, 3.63) is 93.3 Å². The van der Waals surface area contributed by atoms with Crippen LogP contribution in [0.4, 0.5) is 5.69 Å². The van der Waals surface area contributed by atoms with Crippen molar-refractivity contribution in [3.63, 3.8) is 0 Å². The SMILES string of the molecule is CCOc1cc(/C=C2/SC(=Nc3ccccc3)N([C@H](C)c3ccccc3)C2=O)cc(Br)c1OCC(N)=O. The summed E-state index contributed by atoms with van der Waals surface area (Å²) < 4.78 is 11.9. The van der Waals surface area contributed by atoms with Gasteiger partial charge in [0.05, 0.1) is 27.7 Å². The molecule has 1 saturated heterocycles. The number of hydrogen-bond acceptors (Lipinski definition) is 6. The van der Waals surface area contributed by atoms with E-state index in [4.69, 9.17) is 20.2 Å². The number of amidine groups is 1. The van der Waals surface area contributed by atoms with Crippen LogP contribution < -0.4 is 15.2 Å². The van der Waals surface area contributed by atoms with Gasteiger partial charge in [0.1, 0.15) is 0 Å². The number of nitrogens with two attached hydrogens (primary N) is 1. The maximum absolute atomic E-state index is 13.7. The molecule has 4 rings (SSSR count). The molecule has 1 atom stereocenters. The average molecular weight is 581 g/mol. The number of hydrogen-bond donors (Lipinski definition) is 1. The summed E-state index contributed by atoms with van der Waals surface area (Å²) >= 11 is 4.81. The van der Waals surface area contributed by atoms with Gasteiger partial charge in [-0.05, 0) is 83.0 Å². The van der Waals surface area contributed by atoms with E-state index in [-0.39, 0.29) is 18.6 Å². The number of benzene rings is 3. The number of carbonyl (C=O) groups excluding carboxylic acids is 2. The Kier molecular flexibility index (Phi) is 8.68. The van der Waals surface area contributed by atoms with Gasteiger partial charge in [0.15, 0.2) is 23.3 Å². The molecule has 1 fully saturated rings. The maximum Gasteiger partial charge on any atom is 0.267 e. The van der Waals surface area contributed by atoms with Crippen LogP contribution in [0.3, 0.4) is 0 Å². The van der Waals surface area contributed by atoms with Gasteiger partial charge in [0.25, 0.3) is 11.8 Å². The Morgan fingerprint density at radius 2 is 1.78 bits per heavy atom. The predicted molar refractivity (Wildman–Crippen MR) is 151 cm³/mol. The molecule has 3 aromatic rings. The topological polar surface area (TPSA) is 94.2 Å². The number of ether oxygens (including phenoxy) is 2. The first-order valence-corrected chi connectivity index (χ1v) is 13.3. The minimum absolute atomic E-state index is 0.140. The molecule has 1 heterocycles. The smallest absolute Gasteiger partial charge is 0.267 e. The Hall–Kier alpha value is -3.56. The Labute approximate surface area is 228 Å². The van der Waals surface area contributed by atoms with Crippen LogP contribution in [0.25, 0.3) is 6.08 Å². The molecule has 1 aliphatic heterocycles. The highest BCUT2D eigenvalue weighted by molar-refractivity contribution is 9.10. The summed E-state index contributed by atoms with van der Waals surface area (Å²) in [6, 6.07) is 22.8. The lowest BCUT2D eigenvalue weighted by atomic mass is 10.1. The van der Waals surface area contributed by atoms with Crippen molar-refractivity contribution in [1.82, 2.24) is 4.90 Å². The molecule has 0 saturated carbocycles. The lowest BCUT2D eigenvalue weighted by Gasteiger charge is -2.24. The molecule has 0 radical (unpaired) electrons. The number of aliphatic imine (C=N–C) groups is 1. The van der Waals surface area contributed by atoms with Crippen molar-refractivity contribution in [1.29, 1.82) is 0 Å². The van der Waals surface area contributed by atoms with E-state index >= 15 is 0 Å². The summed E-state index contributed by atoms with van der Waals surface area (Å²) in [5.74, 6) is 0.0810. The van der Waals surface area contributed by atoms with Gasteiger partial charge >= 0.3 is 0 Å². The Morgan fingerprint density at radius 3 is 2.43 bits per heavy atom. The third-order valence-electron chi connectivity index (χ3n) is 5.48. The fourth-order valence-corrected chi connectivity index (χ4v) is 5.41. The van der Waals surface area contributed by atoms with Gasteiger partial charge in [-0.1, -0.05) is 48.5 Å². The van der Waals surface area contributed by atoms with E-state index in [9.17, 15) is 9.59 Å². The van der Waals surface area contributed by atoms with Crippen molar-refractivity contribution in [3.8, 4) is 11.5 Å². The summed E-state index contributed by atoms with van der Waals surface area (Å²) in [5.41, 5.74) is 7.73. The second-order valence-electron chi connectivity index (χ2n) is 8.12. The molecular formula is C28H26BrN3O4S. The van der Waals surface area contributed by atoms with Crippen LogP contribution in [-0.2, 0) is 9.59 Å². The van der Waals surface area contributed by atoms with Gasteiger partial charge < -0.3 is 15.2 Å². The van der Waals surface area contributed by atoms with Crippen molar-refractivity contribution in [2.45, 2.75) is 19.9 Å². The van der Waals surface area contributed by atoms with Gasteiger partial charge in [-0.2, -0.15) is 0 Å². The minimum Gasteiger partial charge on any atom is -0.490 e. The fourth-order valence-electron chi connectivity index (χ4n) is 3.77. The molecule has 2 N–H and O–H groups in total. The van der Waals surface area contributed by atoms with Crippen molar-refractivity contribution >= 4 is 56.4 Å². The van der Waals surface area contributed by atoms with Crippen LogP contribution in [0, 0.1) is 0 Å². The number of halogens is 1. The van der Waals surface area contributed by atoms with E-state index in [1.165, 1.54) is 11.8 Å². The highest BCUT2D eigenvalue weighted by Gasteiger charge is 2.37. The van der Waals surface area contributed by atoms with E-state index in [1.807, 2.05) is 74.5 Å². The largest absolute Gasteiger partial charge is 0.490 e. The van der Waals surface area contributed by atoms with Crippen LogP contribution in [0.5, 0.6) is 11.5 Å². The second-order valence-corrected chi connectivity index (χ2v) is 9.98. The average Bonchev–Trinajstić information content (AvgIpc) is 3.18. The lowest BCUT2D eigenvalue weighted by molar-refractivity contribution is -0.123. The monoisotopic (exact) mass is 579 g/mol. The van der Waals surface area contributed by atoms with Crippen LogP contribution >= 0.6 is 27.7 Å². The molecule has 0 spiro atoms. The third kappa shape index (κ3) is 6.42. The molecule has 9 heteroatoms. The second kappa shape index (κ2) is 12.1. The fraction of sp³-hybridized carbons (Fsp3) is 0.179. The summed E-state index contributed by atoms with van der Waals surface area (Å²) in [4.78, 5) is 32.0. The number of rotatable bonds is 9. The zero-order valence-electron chi connectivity index (χ0n) is 20.4. The molecule has 190 valence electrons. The first kappa shape index (κ1) is 26.5. The van der Waals surface area contributed by atoms with Crippen LogP contribution in [0.15, 0.2) is 87.2 Å². The molecule has 0 aromatic heterocycles. The highest BCUT2D eigenvalue weighted by atomic mass is 79.9. The van der Waals surface area contributed by atoms with Crippen LogP contribution in [0.1, 0.15) is 31.0 Å². The van der Waals surface area contributed by atoms with E-state index in [2.05, 4.69) is 15.9 Å². The number of primary amides is 1.